The van der Waals surface area contributed by atoms with E-state index in [9.17, 15) is 4.79 Å². The van der Waals surface area contributed by atoms with Gasteiger partial charge in [-0.1, -0.05) is 30.3 Å². The minimum atomic E-state index is -0.219. The number of carbonyl (C=O) groups is 1. The van der Waals surface area contributed by atoms with Gasteiger partial charge in [0.15, 0.2) is 0 Å². The van der Waals surface area contributed by atoms with Gasteiger partial charge in [0.25, 0.3) is 0 Å². The lowest BCUT2D eigenvalue weighted by atomic mass is 9.82. The average Bonchev–Trinajstić information content (AvgIpc) is 3.31. The number of ether oxygens (including phenoxy) is 2. The Kier molecular flexibility index (Phi) is 7.31. The van der Waals surface area contributed by atoms with Gasteiger partial charge in [-0.15, -0.1) is 5.10 Å². The van der Waals surface area contributed by atoms with E-state index >= 15 is 0 Å². The molecule has 0 aliphatic carbocycles. The van der Waals surface area contributed by atoms with Crippen LogP contribution in [0.25, 0.3) is 11.0 Å². The van der Waals surface area contributed by atoms with Crippen molar-refractivity contribution < 1.29 is 14.3 Å². The molecule has 1 aliphatic heterocycles. The van der Waals surface area contributed by atoms with E-state index < -0.39 is 0 Å². The number of rotatable bonds is 8. The fourth-order valence-corrected chi connectivity index (χ4v) is 5.63. The highest BCUT2D eigenvalue weighted by molar-refractivity contribution is 5.83. The maximum absolute atomic E-state index is 12.8. The van der Waals surface area contributed by atoms with Crippen LogP contribution in [0.1, 0.15) is 59.8 Å². The number of benzene rings is 2. The zero-order valence-corrected chi connectivity index (χ0v) is 22.8. The monoisotopic (exact) mass is 513 g/mol. The van der Waals surface area contributed by atoms with Gasteiger partial charge in [0, 0.05) is 31.7 Å². The Hall–Kier alpha value is -3.94. The molecule has 4 aromatic rings. The van der Waals surface area contributed by atoms with Crippen LogP contribution >= 0.6 is 0 Å². The van der Waals surface area contributed by atoms with Crippen LogP contribution in [0, 0.1) is 6.92 Å². The van der Waals surface area contributed by atoms with Gasteiger partial charge in [0.2, 0.25) is 0 Å². The Bertz CT molecular complexity index is 1480. The van der Waals surface area contributed by atoms with E-state index in [0.717, 1.165) is 59.5 Å². The minimum absolute atomic E-state index is 0.192. The van der Waals surface area contributed by atoms with Crippen molar-refractivity contribution in [2.75, 3.05) is 25.2 Å². The van der Waals surface area contributed by atoms with Crippen molar-refractivity contribution >= 4 is 22.7 Å². The molecular formula is C30H35N5O3. The first-order valence-corrected chi connectivity index (χ1v) is 13.3. The molecule has 198 valence electrons. The van der Waals surface area contributed by atoms with Crippen molar-refractivity contribution in [3.05, 3.63) is 76.1 Å². The lowest BCUT2D eigenvalue weighted by Crippen LogP contribution is -2.32. The Morgan fingerprint density at radius 1 is 1.16 bits per heavy atom. The van der Waals surface area contributed by atoms with E-state index in [4.69, 9.17) is 14.5 Å². The molecule has 8 nitrogen and oxygen atoms in total. The third-order valence-electron chi connectivity index (χ3n) is 7.48. The number of methoxy groups -OCH3 is 1. The highest BCUT2D eigenvalue weighted by Crippen LogP contribution is 2.38. The largest absolute Gasteiger partial charge is 0.494 e. The summed E-state index contributed by atoms with van der Waals surface area (Å²) in [6, 6.07) is 14.8. The van der Waals surface area contributed by atoms with E-state index in [1.54, 1.807) is 11.8 Å². The lowest BCUT2D eigenvalue weighted by molar-refractivity contribution is -0.143. The molecule has 0 amide bonds. The highest BCUT2D eigenvalue weighted by atomic mass is 16.5. The summed E-state index contributed by atoms with van der Waals surface area (Å²) in [5.41, 5.74) is 9.61. The van der Waals surface area contributed by atoms with Crippen molar-refractivity contribution in [3.8, 4) is 5.75 Å². The lowest BCUT2D eigenvalue weighted by Gasteiger charge is -2.34. The topological polar surface area (TPSA) is 82.4 Å². The van der Waals surface area contributed by atoms with Crippen LogP contribution in [0.5, 0.6) is 5.75 Å². The molecule has 0 bridgehead atoms. The van der Waals surface area contributed by atoms with Crippen molar-refractivity contribution in [1.82, 2.24) is 20.0 Å². The van der Waals surface area contributed by atoms with Crippen LogP contribution < -0.4 is 9.64 Å². The van der Waals surface area contributed by atoms with Crippen LogP contribution in [0.2, 0.25) is 0 Å². The standard InChI is InChI=1S/C30H35N5O3/c1-6-22-11-12-27(19(3)31-22)35-14-13-23-20(18-35)9-8-10-24(23)25(17-29(36)38-7-2)21-15-26-30(28(16-21)37-5)34(4)33-32-26/h8-12,15-16,25H,6-7,13-14,17-18H2,1-5H3. The first kappa shape index (κ1) is 25.7. The Labute approximate surface area is 223 Å². The quantitative estimate of drug-likeness (QED) is 0.310. The molecule has 0 saturated carbocycles. The Balaban J connectivity index is 1.55. The number of pyridine rings is 1. The summed E-state index contributed by atoms with van der Waals surface area (Å²) in [5, 5.41) is 8.51. The van der Waals surface area contributed by atoms with Crippen LogP contribution in [-0.4, -0.2) is 46.2 Å². The van der Waals surface area contributed by atoms with Crippen LogP contribution in [0.3, 0.4) is 0 Å². The summed E-state index contributed by atoms with van der Waals surface area (Å²) in [6.07, 6.45) is 2.05. The number of aromatic nitrogens is 4. The molecule has 0 N–H and O–H groups in total. The summed E-state index contributed by atoms with van der Waals surface area (Å²) in [5.74, 6) is 0.278. The second-order valence-corrected chi connectivity index (χ2v) is 9.78. The van der Waals surface area contributed by atoms with Gasteiger partial charge in [-0.2, -0.15) is 0 Å². The van der Waals surface area contributed by atoms with Crippen LogP contribution in [0.4, 0.5) is 5.69 Å². The van der Waals surface area contributed by atoms with E-state index in [-0.39, 0.29) is 18.3 Å². The van der Waals surface area contributed by atoms with Crippen molar-refractivity contribution in [1.29, 1.82) is 0 Å². The van der Waals surface area contributed by atoms with Crippen LogP contribution in [0.15, 0.2) is 42.5 Å². The second kappa shape index (κ2) is 10.8. The molecule has 0 spiro atoms. The molecule has 2 aromatic heterocycles. The molecule has 1 aliphatic rings. The fourth-order valence-electron chi connectivity index (χ4n) is 5.63. The van der Waals surface area contributed by atoms with Gasteiger partial charge in [-0.3, -0.25) is 9.78 Å². The number of anilines is 1. The SMILES string of the molecule is CCOC(=O)CC(c1cc(OC)c2c(c1)nnn2C)c1cccc2c1CCN(c1ccc(CC)nc1C)C2. The van der Waals surface area contributed by atoms with E-state index in [0.29, 0.717) is 12.4 Å². The molecule has 8 heteroatoms. The number of nitrogens with zero attached hydrogens (tertiary/aromatic N) is 5. The zero-order chi connectivity index (χ0) is 26.8. The second-order valence-electron chi connectivity index (χ2n) is 9.78. The molecule has 1 unspecified atom stereocenters. The molecule has 1 atom stereocenters. The summed E-state index contributed by atoms with van der Waals surface area (Å²) >= 11 is 0. The number of fused-ring (bicyclic) bond motifs is 2. The summed E-state index contributed by atoms with van der Waals surface area (Å²) in [4.78, 5) is 20.0. The molecule has 38 heavy (non-hydrogen) atoms. The number of carbonyl (C=O) groups excluding carboxylic acids is 1. The number of aryl methyl sites for hydroxylation is 3. The van der Waals surface area contributed by atoms with E-state index in [1.807, 2.05) is 26.1 Å². The third kappa shape index (κ3) is 4.83. The zero-order valence-electron chi connectivity index (χ0n) is 22.8. The number of hydrogen-bond acceptors (Lipinski definition) is 7. The van der Waals surface area contributed by atoms with Gasteiger partial charge >= 0.3 is 5.97 Å². The molecule has 5 rings (SSSR count). The normalized spacial score (nSPS) is 13.9. The van der Waals surface area contributed by atoms with Gasteiger partial charge in [0.05, 0.1) is 31.5 Å². The molecule has 3 heterocycles. The predicted octanol–water partition coefficient (Wildman–Crippen LogP) is 4.89. The van der Waals surface area contributed by atoms with Crippen molar-refractivity contribution in [2.45, 2.75) is 52.5 Å². The van der Waals surface area contributed by atoms with Gasteiger partial charge in [-0.05, 0) is 73.2 Å². The smallest absolute Gasteiger partial charge is 0.306 e. The summed E-state index contributed by atoms with van der Waals surface area (Å²) < 4.78 is 12.8. The first-order chi connectivity index (χ1) is 18.4. The van der Waals surface area contributed by atoms with Crippen LogP contribution in [-0.2, 0) is 36.0 Å². The number of hydrogen-bond donors (Lipinski definition) is 0. The van der Waals surface area contributed by atoms with Crippen molar-refractivity contribution in [3.63, 3.8) is 0 Å². The Morgan fingerprint density at radius 3 is 2.74 bits per heavy atom. The third-order valence-corrected chi connectivity index (χ3v) is 7.48. The van der Waals surface area contributed by atoms with Gasteiger partial charge in [0.1, 0.15) is 16.8 Å². The molecule has 0 saturated heterocycles. The maximum Gasteiger partial charge on any atom is 0.306 e. The average molecular weight is 514 g/mol. The minimum Gasteiger partial charge on any atom is -0.494 e. The predicted molar refractivity (Wildman–Crippen MR) is 148 cm³/mol. The maximum atomic E-state index is 12.8. The summed E-state index contributed by atoms with van der Waals surface area (Å²) in [7, 11) is 3.49. The fraction of sp³-hybridized carbons (Fsp3) is 0.400. The molecule has 2 aromatic carbocycles. The van der Waals surface area contributed by atoms with E-state index in [1.165, 1.54) is 16.8 Å². The first-order valence-electron chi connectivity index (χ1n) is 13.3. The van der Waals surface area contributed by atoms with Gasteiger partial charge in [-0.25, -0.2) is 4.68 Å². The molecular weight excluding hydrogens is 478 g/mol. The van der Waals surface area contributed by atoms with E-state index in [2.05, 4.69) is 59.4 Å². The summed E-state index contributed by atoms with van der Waals surface area (Å²) in [6.45, 7) is 8.09. The van der Waals surface area contributed by atoms with Crippen molar-refractivity contribution in [2.24, 2.45) is 7.05 Å². The molecule has 0 radical (unpaired) electrons. The van der Waals surface area contributed by atoms with Gasteiger partial charge < -0.3 is 14.4 Å². The Morgan fingerprint density at radius 2 is 2.00 bits per heavy atom. The molecule has 0 fully saturated rings. The number of esters is 1. The highest BCUT2D eigenvalue weighted by Gasteiger charge is 2.28.